The molecule has 4 rings (SSSR count). The molecule has 8 nitrogen and oxygen atoms in total. The number of nitriles is 1. The van der Waals surface area contributed by atoms with Gasteiger partial charge in [0.2, 0.25) is 5.75 Å². The molecule has 1 aliphatic heterocycles. The fourth-order valence-electron chi connectivity index (χ4n) is 3.02. The van der Waals surface area contributed by atoms with E-state index < -0.39 is 5.56 Å². The Morgan fingerprint density at radius 3 is 3.07 bits per heavy atom. The number of aliphatic imine (C=N–C) groups is 1. The van der Waals surface area contributed by atoms with Crippen LogP contribution in [0.5, 0.6) is 11.5 Å². The maximum Gasteiger partial charge on any atom is 0.296 e. The molecule has 9 heteroatoms. The summed E-state index contributed by atoms with van der Waals surface area (Å²) in [4.78, 5) is 17.2. The van der Waals surface area contributed by atoms with Crippen LogP contribution in [0.25, 0.3) is 0 Å². The number of ether oxygens (including phenoxy) is 1. The van der Waals surface area contributed by atoms with Crippen molar-refractivity contribution >= 4 is 29.3 Å². The van der Waals surface area contributed by atoms with Gasteiger partial charge in [-0.1, -0.05) is 11.6 Å². The lowest BCUT2D eigenvalue weighted by molar-refractivity contribution is 0.470. The van der Waals surface area contributed by atoms with Crippen molar-refractivity contribution in [1.82, 2.24) is 14.8 Å². The molecule has 3 aromatic rings. The van der Waals surface area contributed by atoms with E-state index in [0.29, 0.717) is 16.4 Å². The molecule has 2 aromatic heterocycles. The number of hydrogen-bond donors (Lipinski definition) is 2. The molecule has 0 saturated carbocycles. The van der Waals surface area contributed by atoms with Crippen molar-refractivity contribution in [2.75, 3.05) is 5.73 Å². The highest BCUT2D eigenvalue weighted by atomic mass is 35.5. The number of aromatic amines is 1. The summed E-state index contributed by atoms with van der Waals surface area (Å²) < 4.78 is 7.17. The summed E-state index contributed by atoms with van der Waals surface area (Å²) in [6, 6.07) is 8.09. The average Bonchev–Trinajstić information content (AvgIpc) is 3.10. The first kappa shape index (κ1) is 17.8. The summed E-state index contributed by atoms with van der Waals surface area (Å²) in [7, 11) is 0. The molecule has 0 spiro atoms. The van der Waals surface area contributed by atoms with Gasteiger partial charge in [0.1, 0.15) is 5.75 Å². The molecule has 0 unspecified atom stereocenters. The van der Waals surface area contributed by atoms with E-state index in [4.69, 9.17) is 27.3 Å². The van der Waals surface area contributed by atoms with Crippen LogP contribution in [-0.2, 0) is 13.0 Å². The van der Waals surface area contributed by atoms with E-state index >= 15 is 0 Å². The highest BCUT2D eigenvalue weighted by Crippen LogP contribution is 2.28. The summed E-state index contributed by atoms with van der Waals surface area (Å²) in [5.41, 5.74) is 7.89. The number of nitrogens with one attached hydrogen (secondary N) is 1. The van der Waals surface area contributed by atoms with Crippen molar-refractivity contribution in [2.24, 2.45) is 4.99 Å². The number of nitrogens with two attached hydrogens (primary N) is 1. The molecule has 1 aromatic carbocycles. The highest BCUT2D eigenvalue weighted by Gasteiger charge is 2.17. The second kappa shape index (κ2) is 7.21. The van der Waals surface area contributed by atoms with Gasteiger partial charge in [0.25, 0.3) is 5.56 Å². The van der Waals surface area contributed by atoms with Crippen LogP contribution in [0.3, 0.4) is 0 Å². The number of H-pyrrole nitrogens is 1. The maximum absolute atomic E-state index is 12.9. The lowest BCUT2D eigenvalue weighted by Crippen LogP contribution is -2.23. The number of fused-ring (bicyclic) bond motifs is 1. The van der Waals surface area contributed by atoms with Gasteiger partial charge in [-0.2, -0.15) is 10.4 Å². The maximum atomic E-state index is 12.9. The summed E-state index contributed by atoms with van der Waals surface area (Å²) >= 11 is 6.00. The van der Waals surface area contributed by atoms with Crippen LogP contribution in [0.1, 0.15) is 23.2 Å². The Morgan fingerprint density at radius 2 is 2.25 bits per heavy atom. The molecular weight excluding hydrogens is 380 g/mol. The fraction of sp³-hybridized carbons (Fsp3) is 0.158. The summed E-state index contributed by atoms with van der Waals surface area (Å²) in [5, 5.41) is 16.5. The third kappa shape index (κ3) is 3.35. The Kier molecular flexibility index (Phi) is 4.59. The number of halogens is 1. The normalized spacial score (nSPS) is 12.4. The van der Waals surface area contributed by atoms with Gasteiger partial charge < -0.3 is 15.0 Å². The van der Waals surface area contributed by atoms with Gasteiger partial charge in [-0.05, 0) is 37.1 Å². The Hall–Kier alpha value is -3.57. The molecule has 0 fully saturated rings. The van der Waals surface area contributed by atoms with E-state index in [2.05, 4.69) is 15.2 Å². The second-order valence-corrected chi connectivity index (χ2v) is 6.71. The van der Waals surface area contributed by atoms with Crippen molar-refractivity contribution in [3.05, 3.63) is 62.7 Å². The molecule has 0 saturated heterocycles. The molecule has 1 aliphatic rings. The van der Waals surface area contributed by atoms with Crippen LogP contribution in [0.15, 0.2) is 40.2 Å². The van der Waals surface area contributed by atoms with Gasteiger partial charge in [0, 0.05) is 23.0 Å². The molecule has 140 valence electrons. The van der Waals surface area contributed by atoms with E-state index in [1.165, 1.54) is 22.8 Å². The minimum atomic E-state index is -0.402. The number of hydrogen-bond acceptors (Lipinski definition) is 6. The molecule has 28 heavy (non-hydrogen) atoms. The first-order chi connectivity index (χ1) is 13.5. The average molecular weight is 395 g/mol. The van der Waals surface area contributed by atoms with E-state index in [0.717, 1.165) is 24.1 Å². The molecule has 0 amide bonds. The van der Waals surface area contributed by atoms with E-state index in [-0.39, 0.29) is 23.7 Å². The number of nitrogen functional groups attached to an aromatic ring is 1. The molecule has 3 heterocycles. The lowest BCUT2D eigenvalue weighted by atomic mass is 10.1. The van der Waals surface area contributed by atoms with E-state index in [9.17, 15) is 4.79 Å². The van der Waals surface area contributed by atoms with Crippen molar-refractivity contribution < 1.29 is 4.74 Å². The SMILES string of the molecule is N#Cc1cc(Cl)cc(Oc2c(N)ccn(Cc3[nH]nc4c3CCC=N4)c2=O)c1. The monoisotopic (exact) mass is 394 g/mol. The van der Waals surface area contributed by atoms with E-state index in [1.54, 1.807) is 12.3 Å². The zero-order valence-corrected chi connectivity index (χ0v) is 15.4. The number of benzene rings is 1. The smallest absolute Gasteiger partial charge is 0.296 e. The fourth-order valence-corrected chi connectivity index (χ4v) is 3.24. The zero-order chi connectivity index (χ0) is 19.7. The largest absolute Gasteiger partial charge is 0.449 e. The van der Waals surface area contributed by atoms with Crippen molar-refractivity contribution in [2.45, 2.75) is 19.4 Å². The standard InChI is InChI=1S/C19H15ClN6O2/c20-12-6-11(9-21)7-13(8-12)28-17-15(22)3-5-26(19(17)27)10-16-14-2-1-4-23-18(14)25-24-16/h3-8H,1-2,10,22H2,(H,24,25). The van der Waals surface area contributed by atoms with Crippen LogP contribution >= 0.6 is 11.6 Å². The molecule has 3 N–H and O–H groups in total. The molecule has 0 aliphatic carbocycles. The number of aromatic nitrogens is 3. The first-order valence-corrected chi connectivity index (χ1v) is 8.89. The van der Waals surface area contributed by atoms with Gasteiger partial charge in [-0.3, -0.25) is 9.89 Å². The topological polar surface area (TPSA) is 122 Å². The van der Waals surface area contributed by atoms with Crippen molar-refractivity contribution in [3.63, 3.8) is 0 Å². The molecular formula is C19H15ClN6O2. The Labute approximate surface area is 164 Å². The number of pyridine rings is 1. The van der Waals surface area contributed by atoms with Crippen LogP contribution in [-0.4, -0.2) is 21.0 Å². The number of anilines is 1. The van der Waals surface area contributed by atoms with Gasteiger partial charge in [-0.15, -0.1) is 0 Å². The van der Waals surface area contributed by atoms with Gasteiger partial charge in [-0.25, -0.2) is 4.99 Å². The number of rotatable bonds is 4. The van der Waals surface area contributed by atoms with Crippen LogP contribution in [0, 0.1) is 11.3 Å². The first-order valence-electron chi connectivity index (χ1n) is 8.51. The predicted molar refractivity (Wildman–Crippen MR) is 106 cm³/mol. The predicted octanol–water partition coefficient (Wildman–Crippen LogP) is 3.17. The Balaban J connectivity index is 1.68. The van der Waals surface area contributed by atoms with Crippen LogP contribution in [0.2, 0.25) is 5.02 Å². The van der Waals surface area contributed by atoms with Gasteiger partial charge in [0.05, 0.1) is 29.6 Å². The molecule has 0 atom stereocenters. The second-order valence-electron chi connectivity index (χ2n) is 6.28. The minimum Gasteiger partial charge on any atom is -0.449 e. The molecule has 0 radical (unpaired) electrons. The highest BCUT2D eigenvalue weighted by molar-refractivity contribution is 6.30. The van der Waals surface area contributed by atoms with Crippen LogP contribution in [0.4, 0.5) is 11.5 Å². The summed E-state index contributed by atoms with van der Waals surface area (Å²) in [6.07, 6.45) is 5.08. The molecule has 0 bridgehead atoms. The third-order valence-corrected chi connectivity index (χ3v) is 4.59. The van der Waals surface area contributed by atoms with Gasteiger partial charge in [0.15, 0.2) is 5.82 Å². The van der Waals surface area contributed by atoms with Crippen molar-refractivity contribution in [3.8, 4) is 17.6 Å². The quantitative estimate of drug-likeness (QED) is 0.703. The summed E-state index contributed by atoms with van der Waals surface area (Å²) in [6.45, 7) is 0.284. The Morgan fingerprint density at radius 1 is 1.39 bits per heavy atom. The van der Waals surface area contributed by atoms with Gasteiger partial charge >= 0.3 is 0 Å². The third-order valence-electron chi connectivity index (χ3n) is 4.37. The zero-order valence-electron chi connectivity index (χ0n) is 14.6. The lowest BCUT2D eigenvalue weighted by Gasteiger charge is -2.12. The Bertz CT molecular complexity index is 1190. The minimum absolute atomic E-state index is 0.0277. The van der Waals surface area contributed by atoms with E-state index in [1.807, 2.05) is 12.3 Å². The summed E-state index contributed by atoms with van der Waals surface area (Å²) in [5.74, 6) is 0.892. The van der Waals surface area contributed by atoms with Crippen LogP contribution < -0.4 is 16.0 Å². The number of nitrogens with zero attached hydrogens (tertiary/aromatic N) is 4. The van der Waals surface area contributed by atoms with Crippen molar-refractivity contribution in [1.29, 1.82) is 5.26 Å².